The Kier molecular flexibility index (Phi) is 6.31. The van der Waals surface area contributed by atoms with E-state index in [0.29, 0.717) is 11.8 Å². The molecule has 118 valence electrons. The summed E-state index contributed by atoms with van der Waals surface area (Å²) in [5.41, 5.74) is 0. The maximum Gasteiger partial charge on any atom is 0.0580 e. The van der Waals surface area contributed by atoms with Crippen LogP contribution in [0.4, 0.5) is 0 Å². The molecule has 2 fully saturated rings. The molecule has 1 aliphatic carbocycles. The van der Waals surface area contributed by atoms with Crippen molar-refractivity contribution < 1.29 is 9.84 Å². The Bertz CT molecular complexity index is 276. The highest BCUT2D eigenvalue weighted by molar-refractivity contribution is 4.83. The molecule has 1 saturated heterocycles. The van der Waals surface area contributed by atoms with Crippen molar-refractivity contribution in [1.29, 1.82) is 0 Å². The first-order valence-electron chi connectivity index (χ1n) is 8.50. The van der Waals surface area contributed by atoms with E-state index in [9.17, 15) is 5.11 Å². The summed E-state index contributed by atoms with van der Waals surface area (Å²) in [7, 11) is 2.21. The molecule has 4 unspecified atom stereocenters. The molecule has 3 heteroatoms. The largest absolute Gasteiger partial charge is 0.393 e. The van der Waals surface area contributed by atoms with Crippen LogP contribution in [0.15, 0.2) is 0 Å². The number of nitrogens with zero attached hydrogens (tertiary/aromatic N) is 1. The third kappa shape index (κ3) is 4.71. The zero-order valence-corrected chi connectivity index (χ0v) is 13.6. The Hall–Kier alpha value is -0.120. The van der Waals surface area contributed by atoms with Gasteiger partial charge in [-0.05, 0) is 62.8 Å². The van der Waals surface area contributed by atoms with Gasteiger partial charge < -0.3 is 14.7 Å². The molecule has 2 rings (SSSR count). The number of aliphatic hydroxyl groups is 1. The van der Waals surface area contributed by atoms with Crippen LogP contribution in [-0.4, -0.2) is 49.5 Å². The molecule has 20 heavy (non-hydrogen) atoms. The van der Waals surface area contributed by atoms with E-state index in [2.05, 4.69) is 25.8 Å². The molecule has 1 saturated carbocycles. The lowest BCUT2D eigenvalue weighted by Crippen LogP contribution is -2.40. The summed E-state index contributed by atoms with van der Waals surface area (Å²) in [6.45, 7) is 8.67. The lowest BCUT2D eigenvalue weighted by molar-refractivity contribution is 0.00892. The molecule has 0 aromatic heterocycles. The summed E-state index contributed by atoms with van der Waals surface area (Å²) >= 11 is 0. The van der Waals surface area contributed by atoms with Crippen molar-refractivity contribution in [3.05, 3.63) is 0 Å². The van der Waals surface area contributed by atoms with Gasteiger partial charge in [-0.3, -0.25) is 0 Å². The van der Waals surface area contributed by atoms with Crippen LogP contribution in [-0.2, 0) is 4.74 Å². The molecule has 4 atom stereocenters. The van der Waals surface area contributed by atoms with Gasteiger partial charge in [0, 0.05) is 19.7 Å². The van der Waals surface area contributed by atoms with Crippen molar-refractivity contribution >= 4 is 0 Å². The molecule has 1 heterocycles. The van der Waals surface area contributed by atoms with Crippen molar-refractivity contribution in [2.45, 2.75) is 52.1 Å². The van der Waals surface area contributed by atoms with Gasteiger partial charge in [-0.2, -0.15) is 0 Å². The highest BCUT2D eigenvalue weighted by atomic mass is 16.5. The van der Waals surface area contributed by atoms with Crippen molar-refractivity contribution in [3.8, 4) is 0 Å². The average Bonchev–Trinajstić information content (AvgIpc) is 2.42. The highest BCUT2D eigenvalue weighted by Gasteiger charge is 2.31. The van der Waals surface area contributed by atoms with E-state index in [4.69, 9.17) is 4.74 Å². The van der Waals surface area contributed by atoms with Crippen molar-refractivity contribution in [3.63, 3.8) is 0 Å². The van der Waals surface area contributed by atoms with Gasteiger partial charge in [0.15, 0.2) is 0 Å². The summed E-state index contributed by atoms with van der Waals surface area (Å²) in [6, 6.07) is 0. The SMILES string of the molecule is CC(C)C1CCC(O)C(CN(C)CC2CCCOC2)C1. The molecule has 0 spiro atoms. The van der Waals surface area contributed by atoms with Crippen LogP contribution in [0.2, 0.25) is 0 Å². The van der Waals surface area contributed by atoms with Crippen LogP contribution in [0.3, 0.4) is 0 Å². The third-order valence-corrected chi connectivity index (χ3v) is 5.30. The van der Waals surface area contributed by atoms with Crippen molar-refractivity contribution in [2.75, 3.05) is 33.4 Å². The summed E-state index contributed by atoms with van der Waals surface area (Å²) in [5, 5.41) is 10.3. The highest BCUT2D eigenvalue weighted by Crippen LogP contribution is 2.34. The van der Waals surface area contributed by atoms with E-state index >= 15 is 0 Å². The fourth-order valence-corrected chi connectivity index (χ4v) is 3.95. The van der Waals surface area contributed by atoms with E-state index in [1.165, 1.54) is 25.7 Å². The monoisotopic (exact) mass is 283 g/mol. The quantitative estimate of drug-likeness (QED) is 0.842. The molecular weight excluding hydrogens is 250 g/mol. The summed E-state index contributed by atoms with van der Waals surface area (Å²) in [4.78, 5) is 2.43. The van der Waals surface area contributed by atoms with Gasteiger partial charge in [0.2, 0.25) is 0 Å². The van der Waals surface area contributed by atoms with Gasteiger partial charge in [0.25, 0.3) is 0 Å². The van der Waals surface area contributed by atoms with Crippen LogP contribution in [0.1, 0.15) is 46.0 Å². The molecule has 0 amide bonds. The van der Waals surface area contributed by atoms with Crippen LogP contribution in [0, 0.1) is 23.7 Å². The standard InChI is InChI=1S/C17H33NO2/c1-13(2)15-6-7-17(19)16(9-15)11-18(3)10-14-5-4-8-20-12-14/h13-17,19H,4-12H2,1-3H3. The first-order valence-corrected chi connectivity index (χ1v) is 8.50. The molecule has 3 nitrogen and oxygen atoms in total. The number of hydrogen-bond acceptors (Lipinski definition) is 3. The molecule has 2 aliphatic rings. The first kappa shape index (κ1) is 16.3. The van der Waals surface area contributed by atoms with Gasteiger partial charge in [-0.25, -0.2) is 0 Å². The average molecular weight is 283 g/mol. The lowest BCUT2D eigenvalue weighted by atomic mass is 9.74. The number of hydrogen-bond donors (Lipinski definition) is 1. The van der Waals surface area contributed by atoms with Gasteiger partial charge >= 0.3 is 0 Å². The molecule has 0 bridgehead atoms. The molecule has 0 aromatic rings. The van der Waals surface area contributed by atoms with E-state index in [0.717, 1.165) is 44.6 Å². The number of ether oxygens (including phenoxy) is 1. The van der Waals surface area contributed by atoms with Gasteiger partial charge in [0.1, 0.15) is 0 Å². The maximum absolute atomic E-state index is 10.3. The minimum absolute atomic E-state index is 0.0879. The minimum atomic E-state index is -0.0879. The second-order valence-corrected chi connectivity index (χ2v) is 7.45. The third-order valence-electron chi connectivity index (χ3n) is 5.30. The fourth-order valence-electron chi connectivity index (χ4n) is 3.95. The Balaban J connectivity index is 1.77. The molecular formula is C17H33NO2. The van der Waals surface area contributed by atoms with Crippen LogP contribution >= 0.6 is 0 Å². The summed E-state index contributed by atoms with van der Waals surface area (Å²) in [5.74, 6) is 2.71. The molecule has 0 radical (unpaired) electrons. The van der Waals surface area contributed by atoms with E-state index in [-0.39, 0.29) is 6.10 Å². The minimum Gasteiger partial charge on any atom is -0.393 e. The van der Waals surface area contributed by atoms with Gasteiger partial charge in [0.05, 0.1) is 12.7 Å². The molecule has 1 N–H and O–H groups in total. The fraction of sp³-hybridized carbons (Fsp3) is 1.00. The molecule has 0 aromatic carbocycles. The van der Waals surface area contributed by atoms with E-state index < -0.39 is 0 Å². The Morgan fingerprint density at radius 3 is 2.65 bits per heavy atom. The van der Waals surface area contributed by atoms with Crippen LogP contribution in [0.25, 0.3) is 0 Å². The predicted molar refractivity (Wildman–Crippen MR) is 82.7 cm³/mol. The summed E-state index contributed by atoms with van der Waals surface area (Å²) in [6.07, 6.45) is 5.81. The van der Waals surface area contributed by atoms with E-state index in [1.807, 2.05) is 0 Å². The Morgan fingerprint density at radius 1 is 1.20 bits per heavy atom. The number of aliphatic hydroxyl groups excluding tert-OH is 1. The first-order chi connectivity index (χ1) is 9.56. The van der Waals surface area contributed by atoms with Gasteiger partial charge in [-0.1, -0.05) is 13.8 Å². The Morgan fingerprint density at radius 2 is 2.00 bits per heavy atom. The van der Waals surface area contributed by atoms with Crippen LogP contribution < -0.4 is 0 Å². The predicted octanol–water partition coefficient (Wildman–Crippen LogP) is 2.78. The van der Waals surface area contributed by atoms with Crippen LogP contribution in [0.5, 0.6) is 0 Å². The Labute approximate surface area is 124 Å². The zero-order chi connectivity index (χ0) is 14.5. The second-order valence-electron chi connectivity index (χ2n) is 7.45. The zero-order valence-electron chi connectivity index (χ0n) is 13.6. The smallest absolute Gasteiger partial charge is 0.0580 e. The van der Waals surface area contributed by atoms with Crippen molar-refractivity contribution in [1.82, 2.24) is 4.90 Å². The second kappa shape index (κ2) is 7.77. The molecule has 1 aliphatic heterocycles. The topological polar surface area (TPSA) is 32.7 Å². The number of rotatable bonds is 5. The van der Waals surface area contributed by atoms with E-state index in [1.54, 1.807) is 0 Å². The summed E-state index contributed by atoms with van der Waals surface area (Å²) < 4.78 is 5.57. The maximum atomic E-state index is 10.3. The normalized spacial score (nSPS) is 35.7. The van der Waals surface area contributed by atoms with Crippen molar-refractivity contribution in [2.24, 2.45) is 23.7 Å². The van der Waals surface area contributed by atoms with Gasteiger partial charge in [-0.15, -0.1) is 0 Å². The lowest BCUT2D eigenvalue weighted by Gasteiger charge is -2.38.